The Morgan fingerprint density at radius 2 is 1.69 bits per heavy atom. The molecule has 0 saturated heterocycles. The molecule has 7 heteroatoms. The molecule has 1 aliphatic heterocycles. The van der Waals surface area contributed by atoms with Crippen LogP contribution in [0.1, 0.15) is 22.7 Å². The minimum atomic E-state index is -0.820. The van der Waals surface area contributed by atoms with Crippen LogP contribution in [-0.2, 0) is 16.0 Å². The largest absolute Gasteiger partial charge is 0.503 e. The number of nitrogens with zero attached hydrogens (tertiary/aromatic N) is 1. The Labute approximate surface area is 215 Å². The summed E-state index contributed by atoms with van der Waals surface area (Å²) in [6.45, 7) is 0.243. The van der Waals surface area contributed by atoms with Crippen molar-refractivity contribution in [1.29, 1.82) is 0 Å². The van der Waals surface area contributed by atoms with Gasteiger partial charge in [0.05, 0.1) is 25.8 Å². The molecule has 1 amide bonds. The third-order valence-electron chi connectivity index (χ3n) is 6.09. The van der Waals surface area contributed by atoms with E-state index in [2.05, 4.69) is 0 Å². The van der Waals surface area contributed by atoms with E-state index >= 15 is 0 Å². The molecule has 0 saturated carbocycles. The van der Waals surface area contributed by atoms with Crippen LogP contribution in [0.25, 0.3) is 6.08 Å². The van der Waals surface area contributed by atoms with Crippen molar-refractivity contribution in [3.63, 3.8) is 0 Å². The number of halogens is 1. The second kappa shape index (κ2) is 11.1. The average Bonchev–Trinajstić information content (AvgIpc) is 3.16. The van der Waals surface area contributed by atoms with Gasteiger partial charge in [0.25, 0.3) is 5.91 Å². The van der Waals surface area contributed by atoms with Crippen molar-refractivity contribution in [2.24, 2.45) is 0 Å². The third-order valence-corrected chi connectivity index (χ3v) is 6.43. The van der Waals surface area contributed by atoms with Crippen LogP contribution in [0.2, 0.25) is 5.02 Å². The van der Waals surface area contributed by atoms with Crippen LogP contribution in [0.15, 0.2) is 90.2 Å². The summed E-state index contributed by atoms with van der Waals surface area (Å²) in [5, 5.41) is 11.2. The fraction of sp³-hybridized carbons (Fsp3) is 0.172. The van der Waals surface area contributed by atoms with Crippen LogP contribution in [0.5, 0.6) is 11.5 Å². The van der Waals surface area contributed by atoms with E-state index in [0.29, 0.717) is 28.5 Å². The highest BCUT2D eigenvalue weighted by atomic mass is 35.5. The van der Waals surface area contributed by atoms with Gasteiger partial charge in [-0.05, 0) is 47.4 Å². The van der Waals surface area contributed by atoms with E-state index < -0.39 is 23.5 Å². The van der Waals surface area contributed by atoms with E-state index in [1.54, 1.807) is 50.6 Å². The molecular formula is C29H26ClNO5. The van der Waals surface area contributed by atoms with E-state index in [1.165, 1.54) is 11.0 Å². The molecule has 3 aromatic carbocycles. The number of ketones is 1. The summed E-state index contributed by atoms with van der Waals surface area (Å²) in [6.07, 6.45) is 3.49. The molecule has 4 rings (SSSR count). The lowest BCUT2D eigenvalue weighted by atomic mass is 9.95. The van der Waals surface area contributed by atoms with E-state index in [1.807, 2.05) is 42.5 Å². The molecule has 0 aromatic heterocycles. The summed E-state index contributed by atoms with van der Waals surface area (Å²) in [4.78, 5) is 28.0. The predicted molar refractivity (Wildman–Crippen MR) is 139 cm³/mol. The second-order valence-corrected chi connectivity index (χ2v) is 8.64. The Hall–Kier alpha value is -4.03. The number of carbonyl (C=O) groups is 2. The van der Waals surface area contributed by atoms with Crippen molar-refractivity contribution in [2.45, 2.75) is 12.5 Å². The molecule has 0 bridgehead atoms. The number of methoxy groups -OCH3 is 2. The van der Waals surface area contributed by atoms with Crippen LogP contribution in [-0.4, -0.2) is 42.5 Å². The Kier molecular flexibility index (Phi) is 7.76. The molecule has 1 aliphatic rings. The number of allylic oxidation sites excluding steroid dienone is 1. The minimum absolute atomic E-state index is 0.00703. The van der Waals surface area contributed by atoms with Gasteiger partial charge in [0, 0.05) is 11.6 Å². The molecule has 0 unspecified atom stereocenters. The Balaban J connectivity index is 1.66. The molecular weight excluding hydrogens is 478 g/mol. The molecule has 36 heavy (non-hydrogen) atoms. The molecule has 1 N–H and O–H groups in total. The standard InChI is InChI=1S/C29H26ClNO5/c1-35-24-15-13-20(18-25(24)36-2)16-17-31-27(21-10-6-7-11-22(21)30)26(28(33)29(31)34)23(32)14-12-19-8-4-3-5-9-19/h3-15,18,27,33H,16-17H2,1-2H3/b14-12+/t27-/m1/s1. The zero-order chi connectivity index (χ0) is 25.7. The first-order valence-electron chi connectivity index (χ1n) is 11.4. The summed E-state index contributed by atoms with van der Waals surface area (Å²) in [5.74, 6) is -0.451. The molecule has 0 fully saturated rings. The smallest absolute Gasteiger partial charge is 0.290 e. The predicted octanol–water partition coefficient (Wildman–Crippen LogP) is 5.58. The number of hydrogen-bond acceptors (Lipinski definition) is 5. The van der Waals surface area contributed by atoms with Gasteiger partial charge in [-0.1, -0.05) is 72.3 Å². The van der Waals surface area contributed by atoms with E-state index in [0.717, 1.165) is 11.1 Å². The van der Waals surface area contributed by atoms with Crippen molar-refractivity contribution in [3.05, 3.63) is 112 Å². The normalized spacial score (nSPS) is 15.6. The Morgan fingerprint density at radius 3 is 2.39 bits per heavy atom. The van der Waals surface area contributed by atoms with Gasteiger partial charge in [0.1, 0.15) is 0 Å². The molecule has 3 aromatic rings. The molecule has 0 spiro atoms. The highest BCUT2D eigenvalue weighted by molar-refractivity contribution is 6.31. The lowest BCUT2D eigenvalue weighted by Crippen LogP contribution is -2.33. The maximum Gasteiger partial charge on any atom is 0.290 e. The number of rotatable bonds is 9. The zero-order valence-electron chi connectivity index (χ0n) is 20.0. The van der Waals surface area contributed by atoms with E-state index in [4.69, 9.17) is 21.1 Å². The fourth-order valence-electron chi connectivity index (χ4n) is 4.27. The van der Waals surface area contributed by atoms with Gasteiger partial charge in [-0.15, -0.1) is 0 Å². The monoisotopic (exact) mass is 503 g/mol. The van der Waals surface area contributed by atoms with Crippen LogP contribution in [0.4, 0.5) is 0 Å². The van der Waals surface area contributed by atoms with Crippen molar-refractivity contribution >= 4 is 29.4 Å². The van der Waals surface area contributed by atoms with E-state index in [-0.39, 0.29) is 12.1 Å². The number of aliphatic hydroxyl groups is 1. The van der Waals surface area contributed by atoms with Gasteiger partial charge >= 0.3 is 0 Å². The number of carbonyl (C=O) groups excluding carboxylic acids is 2. The lowest BCUT2D eigenvalue weighted by Gasteiger charge is -2.27. The Bertz CT molecular complexity index is 1330. The average molecular weight is 504 g/mol. The molecule has 6 nitrogen and oxygen atoms in total. The van der Waals surface area contributed by atoms with Crippen LogP contribution in [0.3, 0.4) is 0 Å². The van der Waals surface area contributed by atoms with E-state index in [9.17, 15) is 14.7 Å². The zero-order valence-corrected chi connectivity index (χ0v) is 20.7. The molecule has 1 heterocycles. The lowest BCUT2D eigenvalue weighted by molar-refractivity contribution is -0.129. The summed E-state index contributed by atoms with van der Waals surface area (Å²) >= 11 is 6.50. The van der Waals surface area contributed by atoms with Crippen LogP contribution >= 0.6 is 11.6 Å². The maximum absolute atomic E-state index is 13.3. The van der Waals surface area contributed by atoms with Crippen molar-refractivity contribution in [3.8, 4) is 11.5 Å². The first kappa shape index (κ1) is 25.1. The molecule has 184 valence electrons. The summed E-state index contributed by atoms with van der Waals surface area (Å²) in [5.41, 5.74) is 2.31. The highest BCUT2D eigenvalue weighted by Crippen LogP contribution is 2.41. The van der Waals surface area contributed by atoms with Crippen LogP contribution in [0, 0.1) is 0 Å². The first-order chi connectivity index (χ1) is 17.4. The summed E-state index contributed by atoms with van der Waals surface area (Å²) in [7, 11) is 3.12. The molecule has 0 radical (unpaired) electrons. The van der Waals surface area contributed by atoms with Crippen molar-refractivity contribution < 1.29 is 24.2 Å². The van der Waals surface area contributed by atoms with Crippen LogP contribution < -0.4 is 9.47 Å². The van der Waals surface area contributed by atoms with Gasteiger partial charge in [-0.2, -0.15) is 0 Å². The number of benzene rings is 3. The maximum atomic E-state index is 13.3. The van der Waals surface area contributed by atoms with Gasteiger partial charge < -0.3 is 19.5 Å². The van der Waals surface area contributed by atoms with Gasteiger partial charge in [-0.25, -0.2) is 0 Å². The minimum Gasteiger partial charge on any atom is -0.503 e. The number of ether oxygens (including phenoxy) is 2. The number of amides is 1. The number of aliphatic hydroxyl groups excluding tert-OH is 1. The highest BCUT2D eigenvalue weighted by Gasteiger charge is 2.43. The summed E-state index contributed by atoms with van der Waals surface area (Å²) in [6, 6.07) is 21.0. The molecule has 0 aliphatic carbocycles. The third kappa shape index (κ3) is 5.14. The van der Waals surface area contributed by atoms with Gasteiger partial charge in [0.15, 0.2) is 23.0 Å². The van der Waals surface area contributed by atoms with Crippen molar-refractivity contribution in [1.82, 2.24) is 4.90 Å². The fourth-order valence-corrected chi connectivity index (χ4v) is 4.51. The Morgan fingerprint density at radius 1 is 1.00 bits per heavy atom. The molecule has 1 atom stereocenters. The number of hydrogen-bond donors (Lipinski definition) is 1. The second-order valence-electron chi connectivity index (χ2n) is 8.23. The van der Waals surface area contributed by atoms with Crippen molar-refractivity contribution in [2.75, 3.05) is 20.8 Å². The first-order valence-corrected chi connectivity index (χ1v) is 11.8. The van der Waals surface area contributed by atoms with Gasteiger partial charge in [0.2, 0.25) is 0 Å². The SMILES string of the molecule is COc1ccc(CCN2C(=O)C(O)=C(C(=O)/C=C/c3ccccc3)[C@H]2c2ccccc2Cl)cc1OC. The topological polar surface area (TPSA) is 76.1 Å². The van der Waals surface area contributed by atoms with Gasteiger partial charge in [-0.3, -0.25) is 9.59 Å². The quantitative estimate of drug-likeness (QED) is 0.386. The summed E-state index contributed by atoms with van der Waals surface area (Å²) < 4.78 is 10.7.